The maximum atomic E-state index is 3.69. The summed E-state index contributed by atoms with van der Waals surface area (Å²) in [5.41, 5.74) is 0.664. The van der Waals surface area contributed by atoms with Gasteiger partial charge in [-0.1, -0.05) is 67.2 Å². The Bertz CT molecular complexity index is 212. The molecule has 0 fully saturated rings. The summed E-state index contributed by atoms with van der Waals surface area (Å²) < 4.78 is 2.14. The van der Waals surface area contributed by atoms with Crippen molar-refractivity contribution in [3.05, 3.63) is 0 Å². The minimum Gasteiger partial charge on any atom is -0.171 e. The third-order valence-corrected chi connectivity index (χ3v) is 6.88. The van der Waals surface area contributed by atoms with E-state index in [9.17, 15) is 0 Å². The zero-order valence-electron chi connectivity index (χ0n) is 13.0. The largest absolute Gasteiger partial charge is 0.171 e. The number of rotatable bonds is 9. The first kappa shape index (κ1) is 18.9. The van der Waals surface area contributed by atoms with Crippen LogP contribution in [0.4, 0.5) is 0 Å². The van der Waals surface area contributed by atoms with Gasteiger partial charge in [-0.25, -0.2) is 0 Å². The van der Waals surface area contributed by atoms with Gasteiger partial charge < -0.3 is 0 Å². The fourth-order valence-corrected chi connectivity index (χ4v) is 5.47. The third kappa shape index (κ3) is 3.32. The molecule has 0 aliphatic rings. The number of nitrogens with zero attached hydrogens (tertiary/aromatic N) is 1. The Morgan fingerprint density at radius 2 is 1.17 bits per heavy atom. The first-order valence-electron chi connectivity index (χ1n) is 7.56. The van der Waals surface area contributed by atoms with Crippen molar-refractivity contribution < 1.29 is 0 Å². The Hall–Kier alpha value is 0.920. The molecule has 0 spiro atoms. The summed E-state index contributed by atoms with van der Waals surface area (Å²) in [6.07, 6.45) is 7.39. The zero-order valence-corrected chi connectivity index (χ0v) is 16.2. The highest BCUT2D eigenvalue weighted by molar-refractivity contribution is 9.21. The lowest BCUT2D eigenvalue weighted by Crippen LogP contribution is -2.51. The molecule has 0 heterocycles. The van der Waals surface area contributed by atoms with E-state index in [0.717, 1.165) is 0 Å². The molecule has 0 rings (SSSR count). The Labute approximate surface area is 132 Å². The van der Waals surface area contributed by atoms with Crippen molar-refractivity contribution in [2.24, 2.45) is 11.3 Å². The molecule has 0 aliphatic carbocycles. The van der Waals surface area contributed by atoms with E-state index in [1.807, 2.05) is 0 Å². The van der Waals surface area contributed by atoms with Crippen molar-refractivity contribution in [3.8, 4) is 0 Å². The molecule has 1 atom stereocenters. The Balaban J connectivity index is 5.61. The van der Waals surface area contributed by atoms with E-state index in [1.54, 1.807) is 0 Å². The first-order chi connectivity index (χ1) is 8.44. The van der Waals surface area contributed by atoms with Crippen LogP contribution in [0.1, 0.15) is 80.1 Å². The topological polar surface area (TPSA) is 3.24 Å². The summed E-state index contributed by atoms with van der Waals surface area (Å²) in [5, 5.41) is 0. The van der Waals surface area contributed by atoms with Crippen molar-refractivity contribution >= 4 is 32.3 Å². The normalized spacial score (nSPS) is 15.2. The van der Waals surface area contributed by atoms with Crippen LogP contribution in [0.2, 0.25) is 0 Å². The smallest absolute Gasteiger partial charge is 0.0459 e. The molecule has 0 saturated carbocycles. The average molecular weight is 385 g/mol. The Morgan fingerprint density at radius 1 is 0.778 bits per heavy atom. The van der Waals surface area contributed by atoms with Crippen LogP contribution in [0.25, 0.3) is 0 Å². The summed E-state index contributed by atoms with van der Waals surface area (Å²) in [7, 11) is 0. The second kappa shape index (κ2) is 8.26. The predicted octanol–water partition coefficient (Wildman–Crippen LogP) is 6.71. The minimum absolute atomic E-state index is 0.205. The second-order valence-corrected chi connectivity index (χ2v) is 7.80. The summed E-state index contributed by atoms with van der Waals surface area (Å²) in [5.74, 6) is 0.707. The molecular formula is C15H31Br2N. The molecule has 0 aromatic carbocycles. The van der Waals surface area contributed by atoms with Crippen LogP contribution in [-0.4, -0.2) is 8.49 Å². The van der Waals surface area contributed by atoms with Gasteiger partial charge in [0.2, 0.25) is 0 Å². The molecule has 18 heavy (non-hydrogen) atoms. The lowest BCUT2D eigenvalue weighted by molar-refractivity contribution is 0.0239. The highest BCUT2D eigenvalue weighted by atomic mass is 79.9. The van der Waals surface area contributed by atoms with E-state index < -0.39 is 0 Å². The van der Waals surface area contributed by atoms with Gasteiger partial charge in [0.15, 0.2) is 0 Å². The standard InChI is InChI=1S/C15H31Br2N/c1-7-13(14(8-2,9-3)10-4)15(11-5,12-6)18(16)17/h13H,7-12H2,1-6H3. The van der Waals surface area contributed by atoms with Gasteiger partial charge in [0.25, 0.3) is 0 Å². The molecule has 1 nitrogen and oxygen atoms in total. The van der Waals surface area contributed by atoms with Gasteiger partial charge in [0.05, 0.1) is 0 Å². The lowest BCUT2D eigenvalue weighted by Gasteiger charge is -2.51. The molecule has 3 heteroatoms. The van der Waals surface area contributed by atoms with Crippen molar-refractivity contribution in [1.82, 2.24) is 2.95 Å². The first-order valence-corrected chi connectivity index (χ1v) is 8.98. The van der Waals surface area contributed by atoms with Crippen LogP contribution < -0.4 is 0 Å². The monoisotopic (exact) mass is 383 g/mol. The SMILES string of the molecule is CCC(C(CC)(CC)CC)C(CC)(CC)N(Br)Br. The van der Waals surface area contributed by atoms with Gasteiger partial charge in [-0.2, -0.15) is 2.95 Å². The second-order valence-electron chi connectivity index (χ2n) is 5.43. The number of hydrogen-bond donors (Lipinski definition) is 0. The van der Waals surface area contributed by atoms with Crippen molar-refractivity contribution in [1.29, 1.82) is 0 Å². The van der Waals surface area contributed by atoms with E-state index >= 15 is 0 Å². The van der Waals surface area contributed by atoms with Gasteiger partial charge in [0.1, 0.15) is 0 Å². The summed E-state index contributed by atoms with van der Waals surface area (Å²) >= 11 is 7.38. The third-order valence-electron chi connectivity index (χ3n) is 5.47. The number of hydrogen-bond acceptors (Lipinski definition) is 1. The molecule has 0 aromatic rings. The number of halogens is 2. The van der Waals surface area contributed by atoms with Gasteiger partial charge in [0, 0.05) is 37.8 Å². The fourth-order valence-electron chi connectivity index (χ4n) is 3.97. The highest BCUT2D eigenvalue weighted by Gasteiger charge is 2.48. The zero-order chi connectivity index (χ0) is 14.4. The van der Waals surface area contributed by atoms with Crippen molar-refractivity contribution in [3.63, 3.8) is 0 Å². The summed E-state index contributed by atoms with van der Waals surface area (Å²) in [6, 6.07) is 0. The maximum absolute atomic E-state index is 3.69. The van der Waals surface area contributed by atoms with Crippen LogP contribution in [0, 0.1) is 11.3 Å². The summed E-state index contributed by atoms with van der Waals surface area (Å²) in [4.78, 5) is 0. The summed E-state index contributed by atoms with van der Waals surface area (Å²) in [6.45, 7) is 14.1. The molecular weight excluding hydrogens is 354 g/mol. The minimum atomic E-state index is 0.205. The van der Waals surface area contributed by atoms with Gasteiger partial charge in [-0.3, -0.25) is 0 Å². The van der Waals surface area contributed by atoms with E-state index in [4.69, 9.17) is 0 Å². The van der Waals surface area contributed by atoms with Crippen LogP contribution in [0.15, 0.2) is 0 Å². The van der Waals surface area contributed by atoms with E-state index in [2.05, 4.69) is 76.8 Å². The van der Waals surface area contributed by atoms with E-state index in [0.29, 0.717) is 11.3 Å². The molecule has 0 bridgehead atoms. The van der Waals surface area contributed by atoms with Crippen LogP contribution >= 0.6 is 32.3 Å². The van der Waals surface area contributed by atoms with Gasteiger partial charge in [-0.15, -0.1) is 0 Å². The molecule has 1 unspecified atom stereocenters. The molecule has 0 saturated heterocycles. The van der Waals surface area contributed by atoms with Gasteiger partial charge >= 0.3 is 0 Å². The van der Waals surface area contributed by atoms with Crippen LogP contribution in [0.3, 0.4) is 0 Å². The maximum Gasteiger partial charge on any atom is 0.0459 e. The Morgan fingerprint density at radius 3 is 1.33 bits per heavy atom. The van der Waals surface area contributed by atoms with Crippen molar-refractivity contribution in [2.75, 3.05) is 0 Å². The fraction of sp³-hybridized carbons (Fsp3) is 1.00. The molecule has 0 aromatic heterocycles. The molecule has 0 aliphatic heterocycles. The van der Waals surface area contributed by atoms with E-state index in [-0.39, 0.29) is 5.54 Å². The van der Waals surface area contributed by atoms with Crippen molar-refractivity contribution in [2.45, 2.75) is 85.6 Å². The van der Waals surface area contributed by atoms with Gasteiger partial charge in [-0.05, 0) is 24.2 Å². The lowest BCUT2D eigenvalue weighted by atomic mass is 9.59. The molecule has 0 amide bonds. The molecule has 0 radical (unpaired) electrons. The quantitative estimate of drug-likeness (QED) is 0.399. The Kier molecular flexibility index (Phi) is 8.68. The predicted molar refractivity (Wildman–Crippen MR) is 90.1 cm³/mol. The average Bonchev–Trinajstić information content (AvgIpc) is 2.40. The van der Waals surface area contributed by atoms with E-state index in [1.165, 1.54) is 38.5 Å². The van der Waals surface area contributed by atoms with Crippen LogP contribution in [0.5, 0.6) is 0 Å². The van der Waals surface area contributed by atoms with Crippen LogP contribution in [-0.2, 0) is 0 Å². The molecule has 110 valence electrons. The highest BCUT2D eigenvalue weighted by Crippen LogP contribution is 2.52. The molecule has 0 N–H and O–H groups in total.